The van der Waals surface area contributed by atoms with Crippen molar-refractivity contribution < 1.29 is 14.3 Å². The van der Waals surface area contributed by atoms with Crippen LogP contribution in [-0.2, 0) is 16.1 Å². The zero-order valence-corrected chi connectivity index (χ0v) is 15.1. The second-order valence-electron chi connectivity index (χ2n) is 5.82. The summed E-state index contributed by atoms with van der Waals surface area (Å²) < 4.78 is 5.15. The minimum atomic E-state index is -0.173. The van der Waals surface area contributed by atoms with Crippen LogP contribution in [0.4, 0.5) is 5.69 Å². The lowest BCUT2D eigenvalue weighted by Crippen LogP contribution is -2.20. The number of hydrogen-bond donors (Lipinski definition) is 2. The van der Waals surface area contributed by atoms with E-state index in [9.17, 15) is 9.59 Å². The molecule has 0 saturated heterocycles. The molecule has 2 rings (SSSR count). The minimum absolute atomic E-state index is 0.0104. The van der Waals surface area contributed by atoms with Gasteiger partial charge in [0.25, 0.3) is 0 Å². The second kappa shape index (κ2) is 10.0. The Morgan fingerprint density at radius 1 is 1.12 bits per heavy atom. The van der Waals surface area contributed by atoms with Gasteiger partial charge in [0.15, 0.2) is 0 Å². The second-order valence-corrected chi connectivity index (χ2v) is 5.82. The maximum Gasteiger partial charge on any atom is 0.244 e. The van der Waals surface area contributed by atoms with Crippen molar-refractivity contribution in [2.75, 3.05) is 12.4 Å². The predicted octanol–water partition coefficient (Wildman–Crippen LogP) is 3.76. The van der Waals surface area contributed by atoms with Gasteiger partial charge < -0.3 is 15.4 Å². The quantitative estimate of drug-likeness (QED) is 0.711. The molecule has 0 aromatic heterocycles. The van der Waals surface area contributed by atoms with E-state index in [4.69, 9.17) is 4.74 Å². The van der Waals surface area contributed by atoms with E-state index in [0.29, 0.717) is 13.0 Å². The van der Waals surface area contributed by atoms with Gasteiger partial charge >= 0.3 is 0 Å². The maximum absolute atomic E-state index is 11.9. The first-order chi connectivity index (χ1) is 12.6. The summed E-state index contributed by atoms with van der Waals surface area (Å²) in [4.78, 5) is 23.5. The molecule has 0 unspecified atom stereocenters. The molecule has 2 aromatic rings. The summed E-state index contributed by atoms with van der Waals surface area (Å²) in [5.74, 6) is 0.586. The Hall–Kier alpha value is -3.08. The Bertz CT molecular complexity index is 767. The molecule has 0 aliphatic rings. The van der Waals surface area contributed by atoms with Crippen molar-refractivity contribution in [1.29, 1.82) is 0 Å². The summed E-state index contributed by atoms with van der Waals surface area (Å²) >= 11 is 0. The van der Waals surface area contributed by atoms with Crippen LogP contribution in [0.5, 0.6) is 5.75 Å². The molecule has 0 fully saturated rings. The normalized spacial score (nSPS) is 10.5. The molecule has 2 aromatic carbocycles. The molecule has 2 amide bonds. The average molecular weight is 352 g/mol. The van der Waals surface area contributed by atoms with E-state index in [0.717, 1.165) is 29.0 Å². The molecule has 0 aliphatic carbocycles. The van der Waals surface area contributed by atoms with Crippen LogP contribution in [0.15, 0.2) is 54.6 Å². The number of amides is 2. The van der Waals surface area contributed by atoms with Crippen molar-refractivity contribution in [2.45, 2.75) is 26.3 Å². The summed E-state index contributed by atoms with van der Waals surface area (Å²) in [6, 6.07) is 14.9. The smallest absolute Gasteiger partial charge is 0.244 e. The van der Waals surface area contributed by atoms with Crippen molar-refractivity contribution in [3.8, 4) is 5.75 Å². The zero-order valence-electron chi connectivity index (χ0n) is 15.1. The molecular weight excluding hydrogens is 328 g/mol. The third kappa shape index (κ3) is 6.43. The highest BCUT2D eigenvalue weighted by Gasteiger charge is 2.02. The van der Waals surface area contributed by atoms with Gasteiger partial charge in [-0.05, 0) is 47.9 Å². The SMILES string of the molecule is CCCC(=O)Nc1ccc(CNC(=O)/C=C/c2cccc(OC)c2)cc1. The summed E-state index contributed by atoms with van der Waals surface area (Å²) in [7, 11) is 1.61. The number of benzene rings is 2. The molecule has 0 spiro atoms. The number of methoxy groups -OCH3 is 1. The van der Waals surface area contributed by atoms with Gasteiger partial charge in [-0.25, -0.2) is 0 Å². The van der Waals surface area contributed by atoms with E-state index in [1.54, 1.807) is 13.2 Å². The van der Waals surface area contributed by atoms with Gasteiger partial charge in [0, 0.05) is 24.7 Å². The van der Waals surface area contributed by atoms with Crippen LogP contribution in [-0.4, -0.2) is 18.9 Å². The number of carbonyl (C=O) groups is 2. The third-order valence-electron chi connectivity index (χ3n) is 3.70. The van der Waals surface area contributed by atoms with Crippen molar-refractivity contribution in [1.82, 2.24) is 5.32 Å². The minimum Gasteiger partial charge on any atom is -0.497 e. The molecule has 0 radical (unpaired) electrons. The highest BCUT2D eigenvalue weighted by Crippen LogP contribution is 2.13. The Kier molecular flexibility index (Phi) is 7.43. The van der Waals surface area contributed by atoms with Crippen LogP contribution < -0.4 is 15.4 Å². The van der Waals surface area contributed by atoms with E-state index in [2.05, 4.69) is 10.6 Å². The van der Waals surface area contributed by atoms with Gasteiger partial charge in [-0.1, -0.05) is 31.2 Å². The summed E-state index contributed by atoms with van der Waals surface area (Å²) in [5, 5.41) is 5.67. The largest absolute Gasteiger partial charge is 0.497 e. The highest BCUT2D eigenvalue weighted by atomic mass is 16.5. The third-order valence-corrected chi connectivity index (χ3v) is 3.70. The van der Waals surface area contributed by atoms with Gasteiger partial charge in [0.1, 0.15) is 5.75 Å². The number of nitrogens with one attached hydrogen (secondary N) is 2. The molecule has 0 atom stereocenters. The monoisotopic (exact) mass is 352 g/mol. The van der Waals surface area contributed by atoms with Gasteiger partial charge in [-0.15, -0.1) is 0 Å². The van der Waals surface area contributed by atoms with E-state index < -0.39 is 0 Å². The highest BCUT2D eigenvalue weighted by molar-refractivity contribution is 5.92. The number of hydrogen-bond acceptors (Lipinski definition) is 3. The number of rotatable bonds is 8. The fourth-order valence-electron chi connectivity index (χ4n) is 2.32. The first-order valence-electron chi connectivity index (χ1n) is 8.59. The van der Waals surface area contributed by atoms with E-state index >= 15 is 0 Å². The first-order valence-corrected chi connectivity index (χ1v) is 8.59. The van der Waals surface area contributed by atoms with Crippen molar-refractivity contribution >= 4 is 23.6 Å². The maximum atomic E-state index is 11.9. The van der Waals surface area contributed by atoms with Gasteiger partial charge in [-0.2, -0.15) is 0 Å². The molecule has 2 N–H and O–H groups in total. The van der Waals surface area contributed by atoms with E-state index in [1.807, 2.05) is 55.5 Å². The van der Waals surface area contributed by atoms with Crippen LogP contribution in [0.1, 0.15) is 30.9 Å². The lowest BCUT2D eigenvalue weighted by molar-refractivity contribution is -0.117. The van der Waals surface area contributed by atoms with Crippen molar-refractivity contribution in [3.05, 3.63) is 65.7 Å². The Labute approximate surface area is 154 Å². The van der Waals surface area contributed by atoms with Crippen LogP contribution in [0.3, 0.4) is 0 Å². The van der Waals surface area contributed by atoms with Crippen LogP contribution in [0.25, 0.3) is 6.08 Å². The summed E-state index contributed by atoms with van der Waals surface area (Å²) in [6.45, 7) is 2.39. The Balaban J connectivity index is 1.83. The van der Waals surface area contributed by atoms with Crippen molar-refractivity contribution in [3.63, 3.8) is 0 Å². The summed E-state index contributed by atoms with van der Waals surface area (Å²) in [5.41, 5.74) is 2.62. The number of carbonyl (C=O) groups excluding carboxylic acids is 2. The van der Waals surface area contributed by atoms with Gasteiger partial charge in [0.05, 0.1) is 7.11 Å². The van der Waals surface area contributed by atoms with Gasteiger partial charge in [-0.3, -0.25) is 9.59 Å². The lowest BCUT2D eigenvalue weighted by Gasteiger charge is -2.06. The van der Waals surface area contributed by atoms with E-state index in [-0.39, 0.29) is 11.8 Å². The molecule has 0 bridgehead atoms. The molecule has 136 valence electrons. The predicted molar refractivity (Wildman–Crippen MR) is 104 cm³/mol. The molecule has 0 aliphatic heterocycles. The van der Waals surface area contributed by atoms with Gasteiger partial charge in [0.2, 0.25) is 11.8 Å². The topological polar surface area (TPSA) is 67.4 Å². The molecule has 0 saturated carbocycles. The first kappa shape index (κ1) is 19.2. The van der Waals surface area contributed by atoms with E-state index in [1.165, 1.54) is 6.08 Å². The van der Waals surface area contributed by atoms with Crippen molar-refractivity contribution in [2.24, 2.45) is 0 Å². The molecular formula is C21H24N2O3. The molecule has 26 heavy (non-hydrogen) atoms. The summed E-state index contributed by atoms with van der Waals surface area (Å²) in [6.07, 6.45) is 4.56. The number of anilines is 1. The number of ether oxygens (including phenoxy) is 1. The fourth-order valence-corrected chi connectivity index (χ4v) is 2.32. The molecule has 5 nitrogen and oxygen atoms in total. The molecule has 5 heteroatoms. The average Bonchev–Trinajstić information content (AvgIpc) is 2.66. The van der Waals surface area contributed by atoms with Crippen LogP contribution in [0, 0.1) is 0 Å². The fraction of sp³-hybridized carbons (Fsp3) is 0.238. The van der Waals surface area contributed by atoms with Crippen LogP contribution >= 0.6 is 0 Å². The lowest BCUT2D eigenvalue weighted by atomic mass is 10.2. The molecule has 0 heterocycles. The Morgan fingerprint density at radius 2 is 1.88 bits per heavy atom. The standard InChI is InChI=1S/C21H24N2O3/c1-3-5-21(25)23-18-11-8-17(9-12-18)15-22-20(24)13-10-16-6-4-7-19(14-16)26-2/h4,6-14H,3,5,15H2,1-2H3,(H,22,24)(H,23,25)/b13-10+. The Morgan fingerprint density at radius 3 is 2.58 bits per heavy atom. The van der Waals surface area contributed by atoms with Crippen LogP contribution in [0.2, 0.25) is 0 Å². The zero-order chi connectivity index (χ0) is 18.8.